The number of ether oxygens (including phenoxy) is 2. The van der Waals surface area contributed by atoms with Crippen molar-refractivity contribution in [2.24, 2.45) is 16.7 Å². The van der Waals surface area contributed by atoms with Gasteiger partial charge in [-0.05, 0) is 31.1 Å². The van der Waals surface area contributed by atoms with E-state index in [9.17, 15) is 9.59 Å². The lowest BCUT2D eigenvalue weighted by Crippen LogP contribution is -2.29. The van der Waals surface area contributed by atoms with Crippen molar-refractivity contribution in [3.63, 3.8) is 0 Å². The largest absolute Gasteiger partial charge is 0.466 e. The monoisotopic (exact) mass is 344 g/mol. The average molecular weight is 345 g/mol. The molecule has 0 aromatic rings. The lowest BCUT2D eigenvalue weighted by molar-refractivity contribution is -0.155. The molecule has 0 heterocycles. The third kappa shape index (κ3) is 15.8. The quantitative estimate of drug-likeness (QED) is 0.479. The molecule has 0 bridgehead atoms. The summed E-state index contributed by atoms with van der Waals surface area (Å²) >= 11 is 0. The molecule has 0 radical (unpaired) electrons. The molecular formula is C20H40O4. The fourth-order valence-electron chi connectivity index (χ4n) is 1.50. The van der Waals surface area contributed by atoms with Gasteiger partial charge in [-0.25, -0.2) is 0 Å². The summed E-state index contributed by atoms with van der Waals surface area (Å²) in [6.45, 7) is 20.5. The second-order valence-electron chi connectivity index (χ2n) is 8.88. The van der Waals surface area contributed by atoms with Crippen molar-refractivity contribution in [3.05, 3.63) is 0 Å². The molecule has 0 amide bonds. The number of hydrogen-bond acceptors (Lipinski definition) is 4. The summed E-state index contributed by atoms with van der Waals surface area (Å²) in [5.41, 5.74) is 0.0370. The number of unbranched alkanes of at least 4 members (excludes halogenated alkanes) is 1. The first-order chi connectivity index (χ1) is 10.7. The molecule has 24 heavy (non-hydrogen) atoms. The minimum atomic E-state index is -0.0995. The van der Waals surface area contributed by atoms with Crippen molar-refractivity contribution >= 4 is 11.9 Å². The van der Waals surface area contributed by atoms with E-state index in [4.69, 9.17) is 9.47 Å². The molecule has 0 saturated heterocycles. The standard InChI is InChI=1S/2C10H20O2/c1-7(2)12-9(11)8(3)10(4,5)6;1-5-6-7-12-9(11)8-10(2,3)4/h7-8H,1-6H3;5-8H2,1-4H3/t8-;/m0./s1. The smallest absolute Gasteiger partial charge is 0.309 e. The highest BCUT2D eigenvalue weighted by molar-refractivity contribution is 5.73. The lowest BCUT2D eigenvalue weighted by Gasteiger charge is -2.26. The summed E-state index contributed by atoms with van der Waals surface area (Å²) in [6.07, 6.45) is 2.54. The molecule has 144 valence electrons. The van der Waals surface area contributed by atoms with Gasteiger partial charge in [0.25, 0.3) is 0 Å². The van der Waals surface area contributed by atoms with Gasteiger partial charge in [-0.2, -0.15) is 0 Å². The van der Waals surface area contributed by atoms with Gasteiger partial charge in [-0.3, -0.25) is 9.59 Å². The Balaban J connectivity index is 0. The van der Waals surface area contributed by atoms with E-state index < -0.39 is 0 Å². The molecule has 0 aliphatic rings. The second-order valence-corrected chi connectivity index (χ2v) is 8.88. The maximum absolute atomic E-state index is 11.4. The highest BCUT2D eigenvalue weighted by atomic mass is 16.5. The highest BCUT2D eigenvalue weighted by Gasteiger charge is 2.28. The van der Waals surface area contributed by atoms with Crippen molar-refractivity contribution in [1.29, 1.82) is 0 Å². The molecule has 4 heteroatoms. The summed E-state index contributed by atoms with van der Waals surface area (Å²) in [5, 5.41) is 0. The van der Waals surface area contributed by atoms with Gasteiger partial charge in [0.2, 0.25) is 0 Å². The fourth-order valence-corrected chi connectivity index (χ4v) is 1.50. The van der Waals surface area contributed by atoms with Crippen molar-refractivity contribution < 1.29 is 19.1 Å². The Morgan fingerprint density at radius 1 is 0.958 bits per heavy atom. The van der Waals surface area contributed by atoms with Gasteiger partial charge in [0, 0.05) is 0 Å². The fraction of sp³-hybridized carbons (Fsp3) is 0.900. The zero-order chi connectivity index (χ0) is 19.6. The molecular weight excluding hydrogens is 304 g/mol. The summed E-state index contributed by atoms with van der Waals surface area (Å²) in [4.78, 5) is 22.5. The van der Waals surface area contributed by atoms with E-state index in [1.807, 2.05) is 62.3 Å². The van der Waals surface area contributed by atoms with E-state index in [0.717, 1.165) is 12.8 Å². The van der Waals surface area contributed by atoms with E-state index in [0.29, 0.717) is 13.0 Å². The van der Waals surface area contributed by atoms with Gasteiger partial charge in [0.15, 0.2) is 0 Å². The zero-order valence-electron chi connectivity index (χ0n) is 17.6. The van der Waals surface area contributed by atoms with Crippen LogP contribution in [0, 0.1) is 16.7 Å². The number of hydrogen-bond donors (Lipinski definition) is 0. The Morgan fingerprint density at radius 2 is 1.46 bits per heavy atom. The molecule has 0 aromatic heterocycles. The lowest BCUT2D eigenvalue weighted by atomic mass is 9.82. The Morgan fingerprint density at radius 3 is 1.79 bits per heavy atom. The van der Waals surface area contributed by atoms with E-state index in [-0.39, 0.29) is 34.8 Å². The molecule has 0 saturated carbocycles. The molecule has 0 aromatic carbocycles. The maximum Gasteiger partial charge on any atom is 0.309 e. The van der Waals surface area contributed by atoms with E-state index in [2.05, 4.69) is 6.92 Å². The van der Waals surface area contributed by atoms with E-state index in [1.54, 1.807) is 0 Å². The minimum Gasteiger partial charge on any atom is -0.466 e. The molecule has 4 nitrogen and oxygen atoms in total. The molecule has 0 spiro atoms. The van der Waals surface area contributed by atoms with E-state index >= 15 is 0 Å². The summed E-state index contributed by atoms with van der Waals surface area (Å²) < 4.78 is 10.1. The average Bonchev–Trinajstić information content (AvgIpc) is 2.34. The SMILES string of the molecule is CC(C)OC(=O)[C@H](C)C(C)(C)C.CCCCOC(=O)CC(C)(C)C. The van der Waals surface area contributed by atoms with Crippen LogP contribution in [0.2, 0.25) is 0 Å². The predicted molar refractivity (Wildman–Crippen MR) is 99.8 cm³/mol. The van der Waals surface area contributed by atoms with Crippen LogP contribution in [0.3, 0.4) is 0 Å². The van der Waals surface area contributed by atoms with Crippen molar-refractivity contribution in [2.75, 3.05) is 6.61 Å². The molecule has 1 atom stereocenters. The number of rotatable bonds is 6. The Bertz CT molecular complexity index is 359. The number of carbonyl (C=O) groups is 2. The van der Waals surface area contributed by atoms with Crippen molar-refractivity contribution in [2.45, 2.75) is 94.6 Å². The number of carbonyl (C=O) groups excluding carboxylic acids is 2. The van der Waals surface area contributed by atoms with Gasteiger partial charge in [-0.1, -0.05) is 61.8 Å². The number of esters is 2. The summed E-state index contributed by atoms with van der Waals surface area (Å²) in [6, 6.07) is 0. The van der Waals surface area contributed by atoms with E-state index in [1.165, 1.54) is 0 Å². The van der Waals surface area contributed by atoms with Crippen LogP contribution in [0.5, 0.6) is 0 Å². The zero-order valence-corrected chi connectivity index (χ0v) is 17.6. The highest BCUT2D eigenvalue weighted by Crippen LogP contribution is 2.26. The van der Waals surface area contributed by atoms with Crippen LogP contribution in [0.25, 0.3) is 0 Å². The first kappa shape index (κ1) is 25.2. The third-order valence-electron chi connectivity index (χ3n) is 3.44. The third-order valence-corrected chi connectivity index (χ3v) is 3.44. The molecule has 0 aliphatic carbocycles. The topological polar surface area (TPSA) is 52.6 Å². The summed E-state index contributed by atoms with van der Waals surface area (Å²) in [7, 11) is 0. The Labute approximate surface area is 149 Å². The van der Waals surface area contributed by atoms with Crippen LogP contribution in [-0.4, -0.2) is 24.6 Å². The second kappa shape index (κ2) is 11.5. The van der Waals surface area contributed by atoms with Crippen LogP contribution in [-0.2, 0) is 19.1 Å². The van der Waals surface area contributed by atoms with Gasteiger partial charge in [0.1, 0.15) is 0 Å². The molecule has 0 rings (SSSR count). The van der Waals surface area contributed by atoms with Crippen LogP contribution in [0.1, 0.15) is 88.5 Å². The van der Waals surface area contributed by atoms with Crippen LogP contribution >= 0.6 is 0 Å². The first-order valence-electron chi connectivity index (χ1n) is 9.06. The van der Waals surface area contributed by atoms with Crippen LogP contribution in [0.15, 0.2) is 0 Å². The predicted octanol–water partition coefficient (Wildman–Crippen LogP) is 5.39. The first-order valence-corrected chi connectivity index (χ1v) is 9.06. The summed E-state index contributed by atoms with van der Waals surface area (Å²) in [5.74, 6) is -0.214. The van der Waals surface area contributed by atoms with Crippen molar-refractivity contribution in [1.82, 2.24) is 0 Å². The Kier molecular flexibility index (Phi) is 12.1. The van der Waals surface area contributed by atoms with Crippen LogP contribution in [0.4, 0.5) is 0 Å². The minimum absolute atomic E-state index is 0.00796. The molecule has 0 N–H and O–H groups in total. The van der Waals surface area contributed by atoms with Gasteiger partial charge >= 0.3 is 11.9 Å². The normalized spacial score (nSPS) is 13.0. The van der Waals surface area contributed by atoms with Gasteiger partial charge in [0.05, 0.1) is 25.0 Å². The molecule has 0 unspecified atom stereocenters. The van der Waals surface area contributed by atoms with Gasteiger partial charge < -0.3 is 9.47 Å². The maximum atomic E-state index is 11.4. The molecule has 0 aliphatic heterocycles. The van der Waals surface area contributed by atoms with Crippen LogP contribution < -0.4 is 0 Å². The van der Waals surface area contributed by atoms with Crippen molar-refractivity contribution in [3.8, 4) is 0 Å². The Hall–Kier alpha value is -1.06. The van der Waals surface area contributed by atoms with Gasteiger partial charge in [-0.15, -0.1) is 0 Å². The molecule has 0 fully saturated rings.